The lowest BCUT2D eigenvalue weighted by molar-refractivity contribution is 0.0519. The maximum absolute atomic E-state index is 12.5. The average Bonchev–Trinajstić information content (AvgIpc) is 3.42. The number of esters is 1. The summed E-state index contributed by atoms with van der Waals surface area (Å²) in [6.07, 6.45) is -0.401. The third-order valence-electron chi connectivity index (χ3n) is 5.34. The second-order valence-corrected chi connectivity index (χ2v) is 9.82. The highest BCUT2D eigenvalue weighted by Crippen LogP contribution is 2.38. The minimum absolute atomic E-state index is 0.249. The number of ether oxygens (including phenoxy) is 1. The molecule has 1 aliphatic heterocycles. The van der Waals surface area contributed by atoms with Gasteiger partial charge >= 0.3 is 5.97 Å². The van der Waals surface area contributed by atoms with Crippen molar-refractivity contribution in [3.05, 3.63) is 41.6 Å². The summed E-state index contributed by atoms with van der Waals surface area (Å²) in [4.78, 5) is 25.3. The Morgan fingerprint density at radius 1 is 1.26 bits per heavy atom. The number of hydrogen-bond donors (Lipinski definition) is 2. The zero-order valence-electron chi connectivity index (χ0n) is 18.8. The van der Waals surface area contributed by atoms with E-state index in [1.807, 2.05) is 49.2 Å². The first-order chi connectivity index (χ1) is 16.4. The van der Waals surface area contributed by atoms with Gasteiger partial charge in [0, 0.05) is 20.1 Å². The van der Waals surface area contributed by atoms with Gasteiger partial charge < -0.3 is 25.0 Å². The number of rotatable bonds is 7. The van der Waals surface area contributed by atoms with E-state index in [0.717, 1.165) is 20.9 Å². The second-order valence-electron chi connectivity index (χ2n) is 7.83. The zero-order chi connectivity index (χ0) is 23.8. The van der Waals surface area contributed by atoms with Gasteiger partial charge in [0.05, 0.1) is 22.9 Å². The van der Waals surface area contributed by atoms with Crippen LogP contribution in [-0.4, -0.2) is 64.1 Å². The Hall–Kier alpha value is -3.35. The van der Waals surface area contributed by atoms with E-state index in [0.29, 0.717) is 34.9 Å². The van der Waals surface area contributed by atoms with Crippen molar-refractivity contribution in [1.82, 2.24) is 20.2 Å². The number of carbonyl (C=O) groups is 1. The lowest BCUT2D eigenvalue weighted by atomic mass is 10.2. The molecule has 0 amide bonds. The fraction of sp³-hybridized carbons (Fsp3) is 0.318. The molecule has 12 heteroatoms. The Morgan fingerprint density at radius 3 is 2.76 bits per heavy atom. The van der Waals surface area contributed by atoms with Gasteiger partial charge in [-0.05, 0) is 37.6 Å². The molecule has 5 rings (SSSR count). The van der Waals surface area contributed by atoms with Crippen LogP contribution in [0.1, 0.15) is 23.0 Å². The summed E-state index contributed by atoms with van der Waals surface area (Å²) in [5.74, 6) is 0.733. The molecule has 1 aromatic carbocycles. The highest BCUT2D eigenvalue weighted by atomic mass is 32.1. The number of aliphatic hydroxyl groups is 1. The van der Waals surface area contributed by atoms with Crippen LogP contribution in [0.4, 0.5) is 26.9 Å². The Bertz CT molecular complexity index is 1320. The minimum Gasteiger partial charge on any atom is -0.461 e. The first kappa shape index (κ1) is 22.4. The molecule has 0 spiro atoms. The number of carbonyl (C=O) groups excluding carboxylic acids is 1. The highest BCUT2D eigenvalue weighted by molar-refractivity contribution is 7.22. The van der Waals surface area contributed by atoms with Crippen molar-refractivity contribution < 1.29 is 14.6 Å². The molecule has 1 aliphatic rings. The summed E-state index contributed by atoms with van der Waals surface area (Å²) >= 11 is 2.91. The van der Waals surface area contributed by atoms with Gasteiger partial charge in [0.15, 0.2) is 27.6 Å². The number of hydrogen-bond acceptors (Lipinski definition) is 12. The van der Waals surface area contributed by atoms with Gasteiger partial charge in [-0.1, -0.05) is 34.8 Å². The summed E-state index contributed by atoms with van der Waals surface area (Å²) in [5, 5.41) is 23.7. The van der Waals surface area contributed by atoms with E-state index in [9.17, 15) is 9.90 Å². The van der Waals surface area contributed by atoms with Gasteiger partial charge in [-0.2, -0.15) is 0 Å². The molecule has 4 heterocycles. The smallest absolute Gasteiger partial charge is 0.360 e. The molecular formula is C22H23N7O3S2. The van der Waals surface area contributed by atoms with Crippen LogP contribution in [0.3, 0.4) is 0 Å². The molecule has 10 nitrogen and oxygen atoms in total. The quantitative estimate of drug-likeness (QED) is 0.366. The number of β-amino-alcohol motifs (C(OH)–C–C–N with tert-alkyl or cyclic N) is 1. The summed E-state index contributed by atoms with van der Waals surface area (Å²) < 4.78 is 6.28. The highest BCUT2D eigenvalue weighted by Gasteiger charge is 2.32. The topological polar surface area (TPSA) is 117 Å². The van der Waals surface area contributed by atoms with Crippen molar-refractivity contribution in [1.29, 1.82) is 0 Å². The lowest BCUT2D eigenvalue weighted by Gasteiger charge is -2.36. The number of para-hydroxylation sites is 1. The Labute approximate surface area is 203 Å². The Kier molecular flexibility index (Phi) is 6.02. The molecule has 3 aromatic heterocycles. The average molecular weight is 498 g/mol. The summed E-state index contributed by atoms with van der Waals surface area (Å²) in [6.45, 7) is 4.89. The molecule has 1 fully saturated rings. The zero-order valence-corrected chi connectivity index (χ0v) is 20.5. The Balaban J connectivity index is 1.39. The number of thiazole rings is 2. The van der Waals surface area contributed by atoms with E-state index in [2.05, 4.69) is 25.5 Å². The molecule has 176 valence electrons. The summed E-state index contributed by atoms with van der Waals surface area (Å²) in [6, 6.07) is 9.86. The molecule has 0 aliphatic carbocycles. The number of nitrogens with zero attached hydrogens (tertiary/aromatic N) is 6. The fourth-order valence-electron chi connectivity index (χ4n) is 3.50. The lowest BCUT2D eigenvalue weighted by Crippen LogP contribution is -2.51. The van der Waals surface area contributed by atoms with E-state index < -0.39 is 12.1 Å². The van der Waals surface area contributed by atoms with E-state index in [1.165, 1.54) is 11.3 Å². The van der Waals surface area contributed by atoms with Crippen molar-refractivity contribution in [2.45, 2.75) is 20.0 Å². The van der Waals surface area contributed by atoms with Gasteiger partial charge in [0.1, 0.15) is 5.00 Å². The van der Waals surface area contributed by atoms with E-state index >= 15 is 0 Å². The van der Waals surface area contributed by atoms with Gasteiger partial charge in [-0.25, -0.2) is 14.8 Å². The van der Waals surface area contributed by atoms with Gasteiger partial charge in [-0.15, -0.1) is 10.2 Å². The fourth-order valence-corrected chi connectivity index (χ4v) is 5.40. The molecule has 0 unspecified atom stereocenters. The van der Waals surface area contributed by atoms with Crippen LogP contribution >= 0.6 is 22.7 Å². The summed E-state index contributed by atoms with van der Waals surface area (Å²) in [5.41, 5.74) is 2.08. The van der Waals surface area contributed by atoms with Gasteiger partial charge in [0.25, 0.3) is 0 Å². The van der Waals surface area contributed by atoms with Crippen molar-refractivity contribution >= 4 is 65.8 Å². The van der Waals surface area contributed by atoms with Crippen LogP contribution in [0.5, 0.6) is 0 Å². The molecule has 1 saturated heterocycles. The molecule has 0 atom stereocenters. The van der Waals surface area contributed by atoms with E-state index in [-0.39, 0.29) is 12.3 Å². The third kappa shape index (κ3) is 4.27. The van der Waals surface area contributed by atoms with Crippen molar-refractivity contribution in [3.63, 3.8) is 0 Å². The number of aromatic nitrogens is 4. The number of benzene rings is 1. The SMILES string of the molecule is CCOC(=O)c1nc(N(C)c2cc(C)c(Nc3nc4ccccc4s3)nn2)sc1N1CC(O)C1. The number of anilines is 5. The molecule has 4 aromatic rings. The molecule has 0 radical (unpaired) electrons. The Morgan fingerprint density at radius 2 is 2.06 bits per heavy atom. The molecule has 34 heavy (non-hydrogen) atoms. The van der Waals surface area contributed by atoms with Crippen LogP contribution < -0.4 is 15.1 Å². The predicted octanol–water partition coefficient (Wildman–Crippen LogP) is 3.72. The molecular weight excluding hydrogens is 474 g/mol. The summed E-state index contributed by atoms with van der Waals surface area (Å²) in [7, 11) is 1.83. The van der Waals surface area contributed by atoms with E-state index in [4.69, 9.17) is 4.74 Å². The number of aryl methyl sites for hydroxylation is 1. The second kappa shape index (κ2) is 9.12. The largest absolute Gasteiger partial charge is 0.461 e. The molecule has 0 saturated carbocycles. The number of aliphatic hydroxyl groups excluding tert-OH is 1. The van der Waals surface area contributed by atoms with Crippen LogP contribution in [0.15, 0.2) is 30.3 Å². The van der Waals surface area contributed by atoms with Crippen LogP contribution in [0.2, 0.25) is 0 Å². The standard InChI is InChI=1S/C22H23N7O3S2/c1-4-32-20(31)17-19(29-10-13(30)11-29)34-22(24-17)28(3)16-9-12(2)18(27-26-16)25-21-23-14-7-5-6-8-15(14)33-21/h5-9,13,30H,4,10-11H2,1-3H3,(H,23,25,27). The van der Waals surface area contributed by atoms with E-state index in [1.54, 1.807) is 23.2 Å². The maximum Gasteiger partial charge on any atom is 0.360 e. The maximum atomic E-state index is 12.5. The number of nitrogens with one attached hydrogen (secondary N) is 1. The van der Waals surface area contributed by atoms with Gasteiger partial charge in [-0.3, -0.25) is 0 Å². The van der Waals surface area contributed by atoms with Gasteiger partial charge in [0.2, 0.25) is 0 Å². The first-order valence-corrected chi connectivity index (χ1v) is 12.4. The van der Waals surface area contributed by atoms with Crippen molar-refractivity contribution in [2.24, 2.45) is 0 Å². The predicted molar refractivity (Wildman–Crippen MR) is 134 cm³/mol. The molecule has 2 N–H and O–H groups in total. The molecule has 0 bridgehead atoms. The third-order valence-corrected chi connectivity index (χ3v) is 7.48. The van der Waals surface area contributed by atoms with Crippen molar-refractivity contribution in [3.8, 4) is 0 Å². The van der Waals surface area contributed by atoms with Crippen LogP contribution in [0.25, 0.3) is 10.2 Å². The normalized spacial score (nSPS) is 13.7. The first-order valence-electron chi connectivity index (χ1n) is 10.7. The number of fused-ring (bicyclic) bond motifs is 1. The van der Waals surface area contributed by atoms with Crippen LogP contribution in [0, 0.1) is 6.92 Å². The van der Waals surface area contributed by atoms with Crippen molar-refractivity contribution in [2.75, 3.05) is 41.9 Å². The minimum atomic E-state index is -0.479. The monoisotopic (exact) mass is 497 g/mol. The van der Waals surface area contributed by atoms with Crippen LogP contribution in [-0.2, 0) is 4.74 Å².